The maximum absolute atomic E-state index is 7.83. The van der Waals surface area contributed by atoms with Crippen molar-refractivity contribution in [3.8, 4) is 56.4 Å². The average Bonchev–Trinajstić information content (AvgIpc) is 3.25. The molecule has 4 saturated carbocycles. The Hall–Kier alpha value is -6.44. The van der Waals surface area contributed by atoms with Crippen LogP contribution in [0.4, 0.5) is 5.69 Å². The lowest BCUT2D eigenvalue weighted by Gasteiger charge is -2.57. The van der Waals surface area contributed by atoms with Gasteiger partial charge >= 0.3 is 0 Å². The van der Waals surface area contributed by atoms with Gasteiger partial charge in [0.2, 0.25) is 0 Å². The normalized spacial score (nSPS) is 21.0. The van der Waals surface area contributed by atoms with E-state index in [1.54, 1.807) is 5.56 Å². The molecule has 56 heavy (non-hydrogen) atoms. The summed E-state index contributed by atoms with van der Waals surface area (Å²) in [4.78, 5) is 19.5. The van der Waals surface area contributed by atoms with E-state index < -0.39 is 0 Å². The van der Waals surface area contributed by atoms with Gasteiger partial charge < -0.3 is 0 Å². The molecule has 268 valence electrons. The number of rotatable bonds is 6. The number of benzene rings is 7. The van der Waals surface area contributed by atoms with E-state index in [1.165, 1.54) is 49.5 Å². The standard InChI is InChI=1S/C52H40N4/c1-53-48-16-8-13-45-46(48)14-7-15-47(45)51-55-49(40-18-17-37-11-5-6-12-39(37)26-40)54-50(56-51)43-28-41(36-9-3-2-4-10-36)27-42(29-43)38-19-21-44(22-20-38)52-30-33-23-34(31-52)25-35(24-33)32-52/h2-22,26-29,33-35H,23-25,30-32H2. The molecule has 4 fully saturated rings. The van der Waals surface area contributed by atoms with E-state index >= 15 is 0 Å². The highest BCUT2D eigenvalue weighted by Gasteiger charge is 2.51. The van der Waals surface area contributed by atoms with Crippen LogP contribution in [0.25, 0.3) is 82.8 Å². The first kappa shape index (κ1) is 32.9. The molecule has 4 aliphatic rings. The third-order valence-corrected chi connectivity index (χ3v) is 13.1. The molecule has 4 nitrogen and oxygen atoms in total. The smallest absolute Gasteiger partial charge is 0.194 e. The predicted octanol–water partition coefficient (Wildman–Crippen LogP) is 13.5. The fraction of sp³-hybridized carbons (Fsp3) is 0.192. The van der Waals surface area contributed by atoms with Gasteiger partial charge in [0.05, 0.1) is 6.57 Å². The van der Waals surface area contributed by atoms with E-state index in [4.69, 9.17) is 21.5 Å². The Morgan fingerprint density at radius 2 is 1.02 bits per heavy atom. The Balaban J connectivity index is 1.08. The Morgan fingerprint density at radius 3 is 1.73 bits per heavy atom. The molecule has 12 rings (SSSR count). The molecule has 0 amide bonds. The number of hydrogen-bond acceptors (Lipinski definition) is 3. The molecule has 0 radical (unpaired) electrons. The van der Waals surface area contributed by atoms with Crippen molar-refractivity contribution in [1.29, 1.82) is 0 Å². The van der Waals surface area contributed by atoms with E-state index in [2.05, 4.69) is 132 Å². The molecule has 4 heteroatoms. The van der Waals surface area contributed by atoms with Gasteiger partial charge in [-0.1, -0.05) is 127 Å². The SMILES string of the molecule is [C-]#[N+]c1cccc2c(-c3nc(-c4cc(-c5ccccc5)cc(-c5ccc(C67CC8CC(CC(C8)C6)C7)cc5)c4)nc(-c4ccc5ccccc5c4)n3)cccc12. The van der Waals surface area contributed by atoms with Crippen LogP contribution >= 0.6 is 0 Å². The lowest BCUT2D eigenvalue weighted by molar-refractivity contribution is -0.00518. The second-order valence-electron chi connectivity index (χ2n) is 16.6. The maximum atomic E-state index is 7.83. The second kappa shape index (κ2) is 13.1. The number of aromatic nitrogens is 3. The zero-order chi connectivity index (χ0) is 37.2. The van der Waals surface area contributed by atoms with Gasteiger partial charge in [0, 0.05) is 16.7 Å². The van der Waals surface area contributed by atoms with Crippen LogP contribution in [0.3, 0.4) is 0 Å². The van der Waals surface area contributed by atoms with Crippen LogP contribution in [0, 0.1) is 24.3 Å². The molecule has 8 aromatic rings. The van der Waals surface area contributed by atoms with Gasteiger partial charge in [-0.05, 0) is 135 Å². The van der Waals surface area contributed by atoms with E-state index in [0.29, 0.717) is 28.6 Å². The minimum Gasteiger partial charge on any atom is -0.238 e. The van der Waals surface area contributed by atoms with Crippen LogP contribution in [-0.4, -0.2) is 15.0 Å². The molecular weight excluding hydrogens is 681 g/mol. The Morgan fingerprint density at radius 1 is 0.446 bits per heavy atom. The van der Waals surface area contributed by atoms with Crippen LogP contribution in [0.15, 0.2) is 152 Å². The third-order valence-electron chi connectivity index (χ3n) is 13.1. The molecule has 0 spiro atoms. The largest absolute Gasteiger partial charge is 0.238 e. The summed E-state index contributed by atoms with van der Waals surface area (Å²) < 4.78 is 0. The van der Waals surface area contributed by atoms with Crippen molar-refractivity contribution in [1.82, 2.24) is 15.0 Å². The predicted molar refractivity (Wildman–Crippen MR) is 228 cm³/mol. The summed E-state index contributed by atoms with van der Waals surface area (Å²) in [6, 6.07) is 53.6. The fourth-order valence-corrected chi connectivity index (χ4v) is 10.9. The summed E-state index contributed by atoms with van der Waals surface area (Å²) in [5, 5.41) is 4.13. The lowest BCUT2D eigenvalue weighted by atomic mass is 9.48. The topological polar surface area (TPSA) is 43.0 Å². The molecular formula is C52H40N4. The third kappa shape index (κ3) is 5.69. The van der Waals surface area contributed by atoms with E-state index in [-0.39, 0.29) is 0 Å². The van der Waals surface area contributed by atoms with Crippen molar-refractivity contribution in [2.45, 2.75) is 43.9 Å². The molecule has 4 bridgehead atoms. The summed E-state index contributed by atoms with van der Waals surface area (Å²) in [5.74, 6) is 4.55. The van der Waals surface area contributed by atoms with Crippen molar-refractivity contribution < 1.29 is 0 Å². The molecule has 0 N–H and O–H groups in total. The molecule has 1 aromatic heterocycles. The van der Waals surface area contributed by atoms with Crippen molar-refractivity contribution >= 4 is 27.2 Å². The molecule has 4 aliphatic carbocycles. The summed E-state index contributed by atoms with van der Waals surface area (Å²) in [5.41, 5.74) is 9.84. The van der Waals surface area contributed by atoms with Crippen LogP contribution < -0.4 is 0 Å². The first-order valence-corrected chi connectivity index (χ1v) is 20.0. The van der Waals surface area contributed by atoms with Crippen LogP contribution in [0.5, 0.6) is 0 Å². The molecule has 0 saturated heterocycles. The summed E-state index contributed by atoms with van der Waals surface area (Å²) >= 11 is 0. The highest BCUT2D eigenvalue weighted by molar-refractivity contribution is 6.02. The maximum Gasteiger partial charge on any atom is 0.194 e. The van der Waals surface area contributed by atoms with Gasteiger partial charge in [0.15, 0.2) is 23.2 Å². The molecule has 0 aliphatic heterocycles. The first-order chi connectivity index (χ1) is 27.6. The number of nitrogens with zero attached hydrogens (tertiary/aromatic N) is 4. The van der Waals surface area contributed by atoms with Gasteiger partial charge in [-0.3, -0.25) is 0 Å². The molecule has 1 heterocycles. The highest BCUT2D eigenvalue weighted by Crippen LogP contribution is 2.60. The Labute approximate surface area is 327 Å². The summed E-state index contributed by atoms with van der Waals surface area (Å²) in [7, 11) is 0. The van der Waals surface area contributed by atoms with Crippen LogP contribution in [0.1, 0.15) is 44.1 Å². The lowest BCUT2D eigenvalue weighted by Crippen LogP contribution is -2.48. The zero-order valence-corrected chi connectivity index (χ0v) is 31.2. The number of fused-ring (bicyclic) bond motifs is 2. The van der Waals surface area contributed by atoms with Gasteiger partial charge in [-0.15, -0.1) is 0 Å². The van der Waals surface area contributed by atoms with Crippen LogP contribution in [-0.2, 0) is 5.41 Å². The Kier molecular flexibility index (Phi) is 7.71. The van der Waals surface area contributed by atoms with Crippen molar-refractivity contribution in [2.75, 3.05) is 0 Å². The fourth-order valence-electron chi connectivity index (χ4n) is 10.9. The minimum atomic E-state index is 0.363. The van der Waals surface area contributed by atoms with Gasteiger partial charge in [-0.2, -0.15) is 0 Å². The van der Waals surface area contributed by atoms with Crippen LogP contribution in [0.2, 0.25) is 0 Å². The first-order valence-electron chi connectivity index (χ1n) is 20.0. The zero-order valence-electron chi connectivity index (χ0n) is 31.2. The van der Waals surface area contributed by atoms with Crippen molar-refractivity contribution in [3.05, 3.63) is 169 Å². The highest BCUT2D eigenvalue weighted by atomic mass is 15.0. The monoisotopic (exact) mass is 720 g/mol. The molecule has 0 unspecified atom stereocenters. The van der Waals surface area contributed by atoms with Crippen molar-refractivity contribution in [3.63, 3.8) is 0 Å². The quantitative estimate of drug-likeness (QED) is 0.161. The van der Waals surface area contributed by atoms with E-state index in [9.17, 15) is 0 Å². The minimum absolute atomic E-state index is 0.363. The summed E-state index contributed by atoms with van der Waals surface area (Å²) in [6.07, 6.45) is 8.46. The summed E-state index contributed by atoms with van der Waals surface area (Å²) in [6.45, 7) is 7.83. The second-order valence-corrected chi connectivity index (χ2v) is 16.6. The average molecular weight is 721 g/mol. The van der Waals surface area contributed by atoms with Gasteiger partial charge in [0.1, 0.15) is 0 Å². The van der Waals surface area contributed by atoms with E-state index in [0.717, 1.165) is 67.3 Å². The Bertz CT molecular complexity index is 2810. The van der Waals surface area contributed by atoms with Crippen molar-refractivity contribution in [2.24, 2.45) is 17.8 Å². The van der Waals surface area contributed by atoms with E-state index in [1.807, 2.05) is 24.3 Å². The van der Waals surface area contributed by atoms with Gasteiger partial charge in [0.25, 0.3) is 0 Å². The van der Waals surface area contributed by atoms with Gasteiger partial charge in [-0.25, -0.2) is 19.8 Å². The molecule has 7 aromatic carbocycles. The number of hydrogen-bond donors (Lipinski definition) is 0. The molecule has 0 atom stereocenters.